The van der Waals surface area contributed by atoms with E-state index in [1.54, 1.807) is 0 Å². The van der Waals surface area contributed by atoms with Gasteiger partial charge in [-0.3, -0.25) is 0 Å². The van der Waals surface area contributed by atoms with Crippen LogP contribution < -0.4 is 5.73 Å². The third-order valence-corrected chi connectivity index (χ3v) is 2.91. The lowest BCUT2D eigenvalue weighted by atomic mass is 10.2. The van der Waals surface area contributed by atoms with Crippen LogP contribution >= 0.6 is 11.8 Å². The van der Waals surface area contributed by atoms with Gasteiger partial charge >= 0.3 is 0 Å². The van der Waals surface area contributed by atoms with E-state index in [0.29, 0.717) is 6.04 Å². The molecule has 0 heterocycles. The first-order valence-corrected chi connectivity index (χ1v) is 7.10. The van der Waals surface area contributed by atoms with Crippen LogP contribution in [0.4, 0.5) is 0 Å². The SMILES string of the molecule is CCCN(CCC)C[C@H](N)CCSC. The lowest BCUT2D eigenvalue weighted by molar-refractivity contribution is 0.256. The van der Waals surface area contributed by atoms with Crippen LogP contribution in [0.5, 0.6) is 0 Å². The van der Waals surface area contributed by atoms with Crippen LogP contribution in [0.15, 0.2) is 0 Å². The first-order chi connectivity index (χ1) is 6.74. The van der Waals surface area contributed by atoms with Gasteiger partial charge in [-0.2, -0.15) is 11.8 Å². The van der Waals surface area contributed by atoms with E-state index in [9.17, 15) is 0 Å². The fourth-order valence-corrected chi connectivity index (χ4v) is 2.16. The van der Waals surface area contributed by atoms with Gasteiger partial charge in [-0.05, 0) is 44.4 Å². The Morgan fingerprint density at radius 1 is 1.21 bits per heavy atom. The van der Waals surface area contributed by atoms with E-state index in [1.165, 1.54) is 31.7 Å². The summed E-state index contributed by atoms with van der Waals surface area (Å²) in [6.07, 6.45) is 5.75. The van der Waals surface area contributed by atoms with Crippen LogP contribution in [-0.4, -0.2) is 42.6 Å². The predicted molar refractivity (Wildman–Crippen MR) is 68.0 cm³/mol. The molecule has 0 rings (SSSR count). The van der Waals surface area contributed by atoms with Crippen LogP contribution in [0.2, 0.25) is 0 Å². The Morgan fingerprint density at radius 3 is 2.21 bits per heavy atom. The minimum Gasteiger partial charge on any atom is -0.327 e. The third-order valence-electron chi connectivity index (χ3n) is 2.27. The summed E-state index contributed by atoms with van der Waals surface area (Å²) in [6.45, 7) is 7.93. The van der Waals surface area contributed by atoms with Gasteiger partial charge in [0.1, 0.15) is 0 Å². The molecule has 0 saturated heterocycles. The van der Waals surface area contributed by atoms with Crippen molar-refractivity contribution in [3.8, 4) is 0 Å². The monoisotopic (exact) mass is 218 g/mol. The second kappa shape index (κ2) is 9.81. The van der Waals surface area contributed by atoms with Crippen LogP contribution in [0.3, 0.4) is 0 Å². The molecule has 0 aliphatic carbocycles. The predicted octanol–water partition coefficient (Wildman–Crippen LogP) is 2.19. The molecule has 0 amide bonds. The van der Waals surface area contributed by atoms with Gasteiger partial charge in [0, 0.05) is 12.6 Å². The fourth-order valence-electron chi connectivity index (χ4n) is 1.62. The molecule has 86 valence electrons. The van der Waals surface area contributed by atoms with Crippen LogP contribution in [0, 0.1) is 0 Å². The minimum atomic E-state index is 0.362. The largest absolute Gasteiger partial charge is 0.327 e. The van der Waals surface area contributed by atoms with E-state index < -0.39 is 0 Å². The van der Waals surface area contributed by atoms with Crippen molar-refractivity contribution in [3.63, 3.8) is 0 Å². The molecule has 0 fully saturated rings. The van der Waals surface area contributed by atoms with E-state index in [0.717, 1.165) is 13.0 Å². The average molecular weight is 218 g/mol. The molecule has 0 aromatic heterocycles. The Bertz CT molecular complexity index is 114. The number of nitrogens with two attached hydrogens (primary N) is 1. The normalized spacial score (nSPS) is 13.5. The molecule has 0 saturated carbocycles. The summed E-state index contributed by atoms with van der Waals surface area (Å²) in [5, 5.41) is 0. The van der Waals surface area contributed by atoms with Gasteiger partial charge in [0.15, 0.2) is 0 Å². The molecule has 0 radical (unpaired) electrons. The fraction of sp³-hybridized carbons (Fsp3) is 1.00. The van der Waals surface area contributed by atoms with Crippen LogP contribution in [0.25, 0.3) is 0 Å². The molecule has 0 spiro atoms. The highest BCUT2D eigenvalue weighted by molar-refractivity contribution is 7.98. The van der Waals surface area contributed by atoms with Gasteiger partial charge < -0.3 is 10.6 Å². The van der Waals surface area contributed by atoms with E-state index in [4.69, 9.17) is 5.73 Å². The summed E-state index contributed by atoms with van der Waals surface area (Å²) >= 11 is 1.89. The summed E-state index contributed by atoms with van der Waals surface area (Å²) in [6, 6.07) is 0.362. The van der Waals surface area contributed by atoms with E-state index in [1.807, 2.05) is 11.8 Å². The lowest BCUT2D eigenvalue weighted by Gasteiger charge is -2.24. The van der Waals surface area contributed by atoms with Gasteiger partial charge in [0.05, 0.1) is 0 Å². The molecular formula is C11H26N2S. The topological polar surface area (TPSA) is 29.3 Å². The molecule has 0 bridgehead atoms. The molecule has 0 aliphatic rings. The van der Waals surface area contributed by atoms with Crippen molar-refractivity contribution >= 4 is 11.8 Å². The average Bonchev–Trinajstić information content (AvgIpc) is 2.15. The molecule has 0 unspecified atom stereocenters. The Morgan fingerprint density at radius 2 is 1.79 bits per heavy atom. The van der Waals surface area contributed by atoms with Crippen molar-refractivity contribution in [1.82, 2.24) is 4.90 Å². The van der Waals surface area contributed by atoms with Crippen molar-refractivity contribution in [2.45, 2.75) is 39.2 Å². The van der Waals surface area contributed by atoms with Crippen molar-refractivity contribution in [2.24, 2.45) is 5.73 Å². The Balaban J connectivity index is 3.64. The molecule has 0 aromatic carbocycles. The van der Waals surface area contributed by atoms with Gasteiger partial charge in [0.25, 0.3) is 0 Å². The maximum absolute atomic E-state index is 6.07. The van der Waals surface area contributed by atoms with Crippen molar-refractivity contribution in [2.75, 3.05) is 31.6 Å². The van der Waals surface area contributed by atoms with Gasteiger partial charge in [0.2, 0.25) is 0 Å². The maximum atomic E-state index is 6.07. The molecule has 1 atom stereocenters. The second-order valence-electron chi connectivity index (χ2n) is 3.84. The van der Waals surface area contributed by atoms with Gasteiger partial charge in [-0.1, -0.05) is 13.8 Å². The van der Waals surface area contributed by atoms with Crippen molar-refractivity contribution < 1.29 is 0 Å². The number of hydrogen-bond acceptors (Lipinski definition) is 3. The van der Waals surface area contributed by atoms with E-state index in [2.05, 4.69) is 25.0 Å². The van der Waals surface area contributed by atoms with Gasteiger partial charge in [-0.15, -0.1) is 0 Å². The Labute approximate surface area is 93.6 Å². The zero-order chi connectivity index (χ0) is 10.8. The first-order valence-electron chi connectivity index (χ1n) is 5.71. The Hall–Kier alpha value is 0.270. The molecule has 0 aromatic rings. The molecule has 0 aliphatic heterocycles. The minimum absolute atomic E-state index is 0.362. The molecular weight excluding hydrogens is 192 g/mol. The summed E-state index contributed by atoms with van der Waals surface area (Å²) in [5.41, 5.74) is 6.07. The highest BCUT2D eigenvalue weighted by Gasteiger charge is 2.08. The molecule has 14 heavy (non-hydrogen) atoms. The number of hydrogen-bond donors (Lipinski definition) is 1. The van der Waals surface area contributed by atoms with E-state index in [-0.39, 0.29) is 0 Å². The van der Waals surface area contributed by atoms with E-state index >= 15 is 0 Å². The first kappa shape index (κ1) is 14.3. The maximum Gasteiger partial charge on any atom is 0.0175 e. The summed E-state index contributed by atoms with van der Waals surface area (Å²) in [5.74, 6) is 1.19. The number of nitrogens with zero attached hydrogens (tertiary/aromatic N) is 1. The van der Waals surface area contributed by atoms with Crippen molar-refractivity contribution in [3.05, 3.63) is 0 Å². The molecule has 3 heteroatoms. The van der Waals surface area contributed by atoms with Gasteiger partial charge in [-0.25, -0.2) is 0 Å². The smallest absolute Gasteiger partial charge is 0.0175 e. The quantitative estimate of drug-likeness (QED) is 0.643. The summed E-state index contributed by atoms with van der Waals surface area (Å²) < 4.78 is 0. The lowest BCUT2D eigenvalue weighted by Crippen LogP contribution is -2.38. The molecule has 2 N–H and O–H groups in total. The summed E-state index contributed by atoms with van der Waals surface area (Å²) in [7, 11) is 0. The zero-order valence-electron chi connectivity index (χ0n) is 9.96. The zero-order valence-corrected chi connectivity index (χ0v) is 10.8. The summed E-state index contributed by atoms with van der Waals surface area (Å²) in [4.78, 5) is 2.49. The standard InChI is InChI=1S/C11H26N2S/c1-4-7-13(8-5-2)10-11(12)6-9-14-3/h11H,4-10,12H2,1-3H3/t11-/m1/s1. The number of thioether (sulfide) groups is 1. The Kier molecular flexibility index (Phi) is 10.0. The van der Waals surface area contributed by atoms with Crippen molar-refractivity contribution in [1.29, 1.82) is 0 Å². The molecule has 2 nitrogen and oxygen atoms in total. The van der Waals surface area contributed by atoms with Crippen LogP contribution in [0.1, 0.15) is 33.1 Å². The second-order valence-corrected chi connectivity index (χ2v) is 4.83. The number of rotatable bonds is 9. The highest BCUT2D eigenvalue weighted by Crippen LogP contribution is 2.02. The highest BCUT2D eigenvalue weighted by atomic mass is 32.2. The third kappa shape index (κ3) is 7.65. The van der Waals surface area contributed by atoms with Crippen LogP contribution in [-0.2, 0) is 0 Å².